The molecule has 0 bridgehead atoms. The standard InChI is InChI=1S/C19H15ClFNO6S2/c1-27-16-6-3-10(21)7-13(16)14-9-17(29-18(14)20)30(25,26)22-11-4-5-12(15(23)8-11)19(24)28-2/h3-9,22-23H,1-2H3. The second-order valence-corrected chi connectivity index (χ2v) is 9.49. The molecule has 7 nitrogen and oxygen atoms in total. The van der Waals surface area contributed by atoms with Crippen molar-refractivity contribution in [2.75, 3.05) is 18.9 Å². The Morgan fingerprint density at radius 2 is 1.87 bits per heavy atom. The topological polar surface area (TPSA) is 102 Å². The number of ether oxygens (including phenoxy) is 2. The Hall–Kier alpha value is -2.82. The van der Waals surface area contributed by atoms with E-state index in [1.807, 2.05) is 0 Å². The predicted molar refractivity (Wildman–Crippen MR) is 112 cm³/mol. The van der Waals surface area contributed by atoms with Crippen molar-refractivity contribution in [1.29, 1.82) is 0 Å². The Balaban J connectivity index is 1.95. The third kappa shape index (κ3) is 4.35. The van der Waals surface area contributed by atoms with Gasteiger partial charge in [-0.15, -0.1) is 11.3 Å². The van der Waals surface area contributed by atoms with Crippen LogP contribution >= 0.6 is 22.9 Å². The molecule has 1 aromatic heterocycles. The van der Waals surface area contributed by atoms with E-state index in [1.54, 1.807) is 0 Å². The monoisotopic (exact) mass is 471 g/mol. The number of halogens is 2. The molecule has 0 fully saturated rings. The van der Waals surface area contributed by atoms with Crippen LogP contribution in [0.3, 0.4) is 0 Å². The highest BCUT2D eigenvalue weighted by molar-refractivity contribution is 7.94. The van der Waals surface area contributed by atoms with E-state index in [9.17, 15) is 22.7 Å². The number of carbonyl (C=O) groups excluding carboxylic acids is 1. The van der Waals surface area contributed by atoms with Gasteiger partial charge in [-0.1, -0.05) is 11.6 Å². The van der Waals surface area contributed by atoms with Gasteiger partial charge in [0.05, 0.1) is 19.9 Å². The van der Waals surface area contributed by atoms with Crippen molar-refractivity contribution in [3.8, 4) is 22.6 Å². The number of aromatic hydroxyl groups is 1. The second kappa shape index (κ2) is 8.50. The van der Waals surface area contributed by atoms with Crippen molar-refractivity contribution in [3.63, 3.8) is 0 Å². The summed E-state index contributed by atoms with van der Waals surface area (Å²) in [6, 6.07) is 8.73. The molecule has 2 aromatic carbocycles. The van der Waals surface area contributed by atoms with Crippen LogP contribution in [0.4, 0.5) is 10.1 Å². The molecular formula is C19H15ClFNO6S2. The number of anilines is 1. The number of methoxy groups -OCH3 is 2. The minimum atomic E-state index is -4.09. The number of carbonyl (C=O) groups is 1. The maximum atomic E-state index is 13.7. The molecule has 0 aliphatic heterocycles. The van der Waals surface area contributed by atoms with Gasteiger partial charge in [0, 0.05) is 17.2 Å². The van der Waals surface area contributed by atoms with Crippen LogP contribution < -0.4 is 9.46 Å². The second-order valence-electron chi connectivity index (χ2n) is 5.93. The van der Waals surface area contributed by atoms with Crippen molar-refractivity contribution < 1.29 is 32.2 Å². The summed E-state index contributed by atoms with van der Waals surface area (Å²) >= 11 is 7.00. The molecule has 3 rings (SSSR count). The van der Waals surface area contributed by atoms with E-state index >= 15 is 0 Å². The molecule has 0 saturated carbocycles. The van der Waals surface area contributed by atoms with Crippen molar-refractivity contribution in [3.05, 3.63) is 58.2 Å². The molecule has 0 radical (unpaired) electrons. The molecule has 30 heavy (non-hydrogen) atoms. The lowest BCUT2D eigenvalue weighted by Crippen LogP contribution is -2.11. The van der Waals surface area contributed by atoms with E-state index in [0.717, 1.165) is 24.5 Å². The quantitative estimate of drug-likeness (QED) is 0.513. The average molecular weight is 472 g/mol. The summed E-state index contributed by atoms with van der Waals surface area (Å²) in [5, 5.41) is 9.94. The molecule has 2 N–H and O–H groups in total. The number of phenolic OH excluding ortho intramolecular Hbond substituents is 1. The Morgan fingerprint density at radius 3 is 2.50 bits per heavy atom. The number of benzene rings is 2. The normalized spacial score (nSPS) is 11.2. The van der Waals surface area contributed by atoms with Crippen LogP contribution in [0.2, 0.25) is 4.34 Å². The van der Waals surface area contributed by atoms with Crippen LogP contribution in [0.5, 0.6) is 11.5 Å². The lowest BCUT2D eigenvalue weighted by molar-refractivity contribution is 0.0597. The first-order valence-electron chi connectivity index (χ1n) is 8.23. The first-order valence-corrected chi connectivity index (χ1v) is 10.9. The summed E-state index contributed by atoms with van der Waals surface area (Å²) in [6.07, 6.45) is 0. The summed E-state index contributed by atoms with van der Waals surface area (Å²) in [7, 11) is -1.53. The Morgan fingerprint density at radius 1 is 1.13 bits per heavy atom. The fourth-order valence-corrected chi connectivity index (χ4v) is 5.44. The molecule has 11 heteroatoms. The average Bonchev–Trinajstić information content (AvgIpc) is 3.09. The number of rotatable bonds is 6. The van der Waals surface area contributed by atoms with Crippen LogP contribution in [-0.2, 0) is 14.8 Å². The Kier molecular flexibility index (Phi) is 6.20. The van der Waals surface area contributed by atoms with Gasteiger partial charge >= 0.3 is 5.97 Å². The van der Waals surface area contributed by atoms with Crippen molar-refractivity contribution in [1.82, 2.24) is 0 Å². The number of hydrogen-bond acceptors (Lipinski definition) is 7. The van der Waals surface area contributed by atoms with Crippen molar-refractivity contribution in [2.24, 2.45) is 0 Å². The lowest BCUT2D eigenvalue weighted by atomic mass is 10.1. The van der Waals surface area contributed by atoms with Crippen LogP contribution in [0.15, 0.2) is 46.7 Å². The summed E-state index contributed by atoms with van der Waals surface area (Å²) in [5.74, 6) is -1.41. The summed E-state index contributed by atoms with van der Waals surface area (Å²) in [5.41, 5.74) is 0.511. The molecule has 0 spiro atoms. The maximum Gasteiger partial charge on any atom is 0.341 e. The van der Waals surface area contributed by atoms with Gasteiger partial charge in [-0.3, -0.25) is 4.72 Å². The van der Waals surface area contributed by atoms with Gasteiger partial charge in [0.2, 0.25) is 0 Å². The SMILES string of the molecule is COC(=O)c1ccc(NS(=O)(=O)c2cc(-c3cc(F)ccc3OC)c(Cl)s2)cc1O. The lowest BCUT2D eigenvalue weighted by Gasteiger charge is -2.09. The molecule has 0 unspecified atom stereocenters. The van der Waals surface area contributed by atoms with Gasteiger partial charge in [0.1, 0.15) is 31.4 Å². The number of phenols is 1. The van der Waals surface area contributed by atoms with Crippen LogP contribution in [-0.4, -0.2) is 33.7 Å². The minimum absolute atomic E-state index is 0.0227. The first kappa shape index (κ1) is 21.9. The zero-order chi connectivity index (χ0) is 22.1. The van der Waals surface area contributed by atoms with Gasteiger partial charge in [0.25, 0.3) is 10.0 Å². The van der Waals surface area contributed by atoms with Crippen molar-refractivity contribution >= 4 is 44.6 Å². The van der Waals surface area contributed by atoms with Gasteiger partial charge in [-0.25, -0.2) is 17.6 Å². The number of thiophene rings is 1. The van der Waals surface area contributed by atoms with E-state index < -0.39 is 27.6 Å². The number of hydrogen-bond donors (Lipinski definition) is 2. The fourth-order valence-electron chi connectivity index (χ4n) is 2.64. The van der Waals surface area contributed by atoms with Crippen LogP contribution in [0.25, 0.3) is 11.1 Å². The third-order valence-electron chi connectivity index (χ3n) is 4.04. The molecule has 0 atom stereocenters. The van der Waals surface area contributed by atoms with E-state index in [4.69, 9.17) is 16.3 Å². The third-order valence-corrected chi connectivity index (χ3v) is 7.25. The highest BCUT2D eigenvalue weighted by Gasteiger charge is 2.23. The molecule has 1 heterocycles. The van der Waals surface area contributed by atoms with Gasteiger partial charge in [-0.05, 0) is 36.4 Å². The van der Waals surface area contributed by atoms with Crippen molar-refractivity contribution in [2.45, 2.75) is 4.21 Å². The number of nitrogens with one attached hydrogen (secondary N) is 1. The minimum Gasteiger partial charge on any atom is -0.507 e. The fraction of sp³-hybridized carbons (Fsp3) is 0.105. The van der Waals surface area contributed by atoms with E-state index in [0.29, 0.717) is 16.9 Å². The molecule has 3 aromatic rings. The largest absolute Gasteiger partial charge is 0.507 e. The summed E-state index contributed by atoms with van der Waals surface area (Å²) in [6.45, 7) is 0. The van der Waals surface area contributed by atoms with Gasteiger partial charge in [0.15, 0.2) is 0 Å². The molecule has 158 valence electrons. The van der Waals surface area contributed by atoms with Crippen LogP contribution in [0, 0.1) is 5.82 Å². The first-order chi connectivity index (χ1) is 14.2. The molecule has 0 saturated heterocycles. The highest BCUT2D eigenvalue weighted by atomic mass is 35.5. The van der Waals surface area contributed by atoms with Gasteiger partial charge in [-0.2, -0.15) is 0 Å². The van der Waals surface area contributed by atoms with E-state index in [-0.39, 0.29) is 19.8 Å². The van der Waals surface area contributed by atoms with Crippen LogP contribution in [0.1, 0.15) is 10.4 Å². The summed E-state index contributed by atoms with van der Waals surface area (Å²) < 4.78 is 51.3. The Labute approximate surface area is 180 Å². The summed E-state index contributed by atoms with van der Waals surface area (Å²) in [4.78, 5) is 11.5. The Bertz CT molecular complexity index is 1230. The molecular weight excluding hydrogens is 457 g/mol. The number of sulfonamides is 1. The maximum absolute atomic E-state index is 13.7. The van der Waals surface area contributed by atoms with E-state index in [2.05, 4.69) is 9.46 Å². The molecule has 0 aliphatic carbocycles. The predicted octanol–water partition coefficient (Wildman–Crippen LogP) is 4.51. The molecule has 0 aliphatic rings. The highest BCUT2D eigenvalue weighted by Crippen LogP contribution is 2.42. The van der Waals surface area contributed by atoms with E-state index in [1.165, 1.54) is 43.5 Å². The number of esters is 1. The molecule has 0 amide bonds. The zero-order valence-electron chi connectivity index (χ0n) is 15.6. The zero-order valence-corrected chi connectivity index (χ0v) is 18.0. The smallest absolute Gasteiger partial charge is 0.341 e. The van der Waals surface area contributed by atoms with Gasteiger partial charge < -0.3 is 14.6 Å².